The molecule has 9 nitrogen and oxygen atoms in total. The molecule has 4 aromatic rings. The molecule has 0 radical (unpaired) electrons. The zero-order valence-electron chi connectivity index (χ0n) is 21.8. The zero-order valence-corrected chi connectivity index (χ0v) is 23.3. The number of aryl methyl sites for hydroxylation is 2. The highest BCUT2D eigenvalue weighted by Crippen LogP contribution is 2.55. The molecule has 0 fully saturated rings. The number of hydrogen-bond donors (Lipinski definition) is 1. The third-order valence-corrected chi connectivity index (χ3v) is 7.63. The minimum absolute atomic E-state index is 0.152. The van der Waals surface area contributed by atoms with Crippen LogP contribution in [0.2, 0.25) is 10.0 Å². The fraction of sp³-hybridized carbons (Fsp3) is 0.250. The van der Waals surface area contributed by atoms with Crippen molar-refractivity contribution in [3.63, 3.8) is 0 Å². The molecule has 5 heterocycles. The Morgan fingerprint density at radius 3 is 2.51 bits per heavy atom. The molecule has 2 aliphatic heterocycles. The Morgan fingerprint density at radius 1 is 1.03 bits per heavy atom. The Labute approximate surface area is 234 Å². The van der Waals surface area contributed by atoms with Crippen molar-refractivity contribution in [3.05, 3.63) is 81.1 Å². The second kappa shape index (κ2) is 8.79. The summed E-state index contributed by atoms with van der Waals surface area (Å²) in [6, 6.07) is 8.40. The van der Waals surface area contributed by atoms with E-state index in [0.29, 0.717) is 55.5 Å². The maximum absolute atomic E-state index is 14.4. The molecule has 0 saturated heterocycles. The minimum Gasteiger partial charge on any atom is -0.496 e. The van der Waals surface area contributed by atoms with Gasteiger partial charge in [0, 0.05) is 46.5 Å². The molecule has 1 atom stereocenters. The number of carbonyl (C=O) groups is 2. The number of nitrogens with zero attached hydrogens (tertiary/aromatic N) is 5. The van der Waals surface area contributed by atoms with Gasteiger partial charge in [0.2, 0.25) is 0 Å². The largest absolute Gasteiger partial charge is 0.496 e. The van der Waals surface area contributed by atoms with Gasteiger partial charge in [-0.1, -0.05) is 29.3 Å². The van der Waals surface area contributed by atoms with E-state index in [2.05, 4.69) is 15.3 Å². The van der Waals surface area contributed by atoms with Crippen molar-refractivity contribution in [2.45, 2.75) is 39.3 Å². The summed E-state index contributed by atoms with van der Waals surface area (Å²) in [5.74, 6) is 0.177. The molecule has 11 heteroatoms. The van der Waals surface area contributed by atoms with Crippen LogP contribution in [-0.2, 0) is 10.3 Å². The van der Waals surface area contributed by atoms with Crippen molar-refractivity contribution in [2.24, 2.45) is 0 Å². The average molecular weight is 563 g/mol. The highest BCUT2D eigenvalue weighted by Gasteiger charge is 2.64. The molecule has 1 unspecified atom stereocenters. The predicted molar refractivity (Wildman–Crippen MR) is 149 cm³/mol. The molecule has 39 heavy (non-hydrogen) atoms. The van der Waals surface area contributed by atoms with E-state index in [-0.39, 0.29) is 11.7 Å². The lowest BCUT2D eigenvalue weighted by molar-refractivity contribution is -0.119. The monoisotopic (exact) mass is 562 g/mol. The van der Waals surface area contributed by atoms with Crippen LogP contribution in [0.15, 0.2) is 42.7 Å². The number of hydrogen-bond acceptors (Lipinski definition) is 6. The maximum Gasteiger partial charge on any atom is 0.280 e. The lowest BCUT2D eigenvalue weighted by Crippen LogP contribution is -2.51. The van der Waals surface area contributed by atoms with Gasteiger partial charge in [-0.25, -0.2) is 4.98 Å². The van der Waals surface area contributed by atoms with E-state index in [0.717, 1.165) is 5.69 Å². The first-order valence-electron chi connectivity index (χ1n) is 12.3. The fourth-order valence-corrected chi connectivity index (χ4v) is 5.92. The number of fused-ring (bicyclic) bond motifs is 4. The van der Waals surface area contributed by atoms with Gasteiger partial charge in [-0.15, -0.1) is 0 Å². The van der Waals surface area contributed by atoms with Gasteiger partial charge in [0.1, 0.15) is 11.6 Å². The standard InChI is InChI=1S/C28H24Cl2N6O3/c1-13(2)35-24-23(34-25(35)18-12-31-14(3)8-22(18)39-5)26(37)36(21-10-17(30)11-32-15(21)4)28(24)19-7-6-16(29)9-20(19)33-27(28)38/h6-13H,1-5H3,(H,33,38). The molecule has 6 rings (SSSR count). The topological polar surface area (TPSA) is 102 Å². The van der Waals surface area contributed by atoms with Crippen LogP contribution in [-0.4, -0.2) is 38.4 Å². The highest BCUT2D eigenvalue weighted by atomic mass is 35.5. The summed E-state index contributed by atoms with van der Waals surface area (Å²) in [4.78, 5) is 43.8. The number of ether oxygens (including phenoxy) is 1. The molecule has 3 aromatic heterocycles. The van der Waals surface area contributed by atoms with Crippen molar-refractivity contribution in [1.82, 2.24) is 19.5 Å². The Kier molecular flexibility index (Phi) is 5.71. The SMILES string of the molecule is COc1cc(C)ncc1-c1nc2c(n1C(C)C)C1(C(=O)Nc3cc(Cl)ccc31)N(c1cc(Cl)cnc1C)C2=O. The molecule has 0 saturated carbocycles. The van der Waals surface area contributed by atoms with Gasteiger partial charge in [-0.2, -0.15) is 0 Å². The van der Waals surface area contributed by atoms with Gasteiger partial charge in [0.05, 0.1) is 34.8 Å². The Hall–Kier alpha value is -3.95. The smallest absolute Gasteiger partial charge is 0.280 e. The second-order valence-corrected chi connectivity index (χ2v) is 10.7. The molecule has 2 aliphatic rings. The van der Waals surface area contributed by atoms with Crippen LogP contribution in [0.1, 0.15) is 53.0 Å². The van der Waals surface area contributed by atoms with Gasteiger partial charge < -0.3 is 14.6 Å². The number of halogens is 2. The molecule has 1 spiro atoms. The number of aromatic nitrogens is 4. The van der Waals surface area contributed by atoms with E-state index in [1.165, 1.54) is 11.1 Å². The Balaban J connectivity index is 1.74. The first-order valence-corrected chi connectivity index (χ1v) is 13.1. The molecule has 1 aromatic carbocycles. The molecular weight excluding hydrogens is 539 g/mol. The van der Waals surface area contributed by atoms with Crippen LogP contribution in [0.5, 0.6) is 5.75 Å². The molecule has 2 amide bonds. The lowest BCUT2D eigenvalue weighted by atomic mass is 9.87. The Morgan fingerprint density at radius 2 is 1.79 bits per heavy atom. The van der Waals surface area contributed by atoms with Gasteiger partial charge in [0.15, 0.2) is 11.2 Å². The molecule has 0 aliphatic carbocycles. The van der Waals surface area contributed by atoms with Crippen LogP contribution in [0, 0.1) is 13.8 Å². The summed E-state index contributed by atoms with van der Waals surface area (Å²) in [7, 11) is 1.57. The van der Waals surface area contributed by atoms with Gasteiger partial charge >= 0.3 is 0 Å². The van der Waals surface area contributed by atoms with Crippen LogP contribution < -0.4 is 15.0 Å². The number of benzene rings is 1. The van der Waals surface area contributed by atoms with Crippen molar-refractivity contribution in [2.75, 3.05) is 17.3 Å². The predicted octanol–water partition coefficient (Wildman–Crippen LogP) is 5.71. The van der Waals surface area contributed by atoms with Crippen molar-refractivity contribution < 1.29 is 14.3 Å². The molecular formula is C28H24Cl2N6O3. The van der Waals surface area contributed by atoms with E-state index in [9.17, 15) is 9.59 Å². The van der Waals surface area contributed by atoms with E-state index < -0.39 is 17.4 Å². The minimum atomic E-state index is -1.59. The first kappa shape index (κ1) is 25.3. The lowest BCUT2D eigenvalue weighted by Gasteiger charge is -2.36. The summed E-state index contributed by atoms with van der Waals surface area (Å²) < 4.78 is 7.58. The molecule has 1 N–H and O–H groups in total. The summed E-state index contributed by atoms with van der Waals surface area (Å²) in [6.45, 7) is 7.58. The van der Waals surface area contributed by atoms with Crippen molar-refractivity contribution in [1.29, 1.82) is 0 Å². The van der Waals surface area contributed by atoms with Crippen LogP contribution in [0.3, 0.4) is 0 Å². The number of carbonyl (C=O) groups excluding carboxylic acids is 2. The number of anilines is 2. The summed E-state index contributed by atoms with van der Waals surface area (Å²) in [5, 5.41) is 3.75. The average Bonchev–Trinajstić information content (AvgIpc) is 3.49. The maximum atomic E-state index is 14.4. The number of nitrogens with one attached hydrogen (secondary N) is 1. The Bertz CT molecular complexity index is 1720. The molecule has 198 valence electrons. The van der Waals surface area contributed by atoms with Crippen molar-refractivity contribution >= 4 is 46.4 Å². The highest BCUT2D eigenvalue weighted by molar-refractivity contribution is 6.32. The van der Waals surface area contributed by atoms with E-state index in [1.54, 1.807) is 44.5 Å². The number of imidazole rings is 1. The van der Waals surface area contributed by atoms with Crippen LogP contribution >= 0.6 is 23.2 Å². The van der Waals surface area contributed by atoms with Crippen LogP contribution in [0.4, 0.5) is 11.4 Å². The summed E-state index contributed by atoms with van der Waals surface area (Å²) in [6.07, 6.45) is 3.18. The third kappa shape index (κ3) is 3.43. The van der Waals surface area contributed by atoms with Gasteiger partial charge in [-0.3, -0.25) is 24.5 Å². The fourth-order valence-electron chi connectivity index (χ4n) is 5.60. The number of amides is 2. The van der Waals surface area contributed by atoms with E-state index in [1.807, 2.05) is 31.4 Å². The van der Waals surface area contributed by atoms with Crippen molar-refractivity contribution in [3.8, 4) is 17.1 Å². The summed E-state index contributed by atoms with van der Waals surface area (Å²) in [5.41, 5.74) is 2.42. The normalized spacial score (nSPS) is 17.7. The van der Waals surface area contributed by atoms with Gasteiger partial charge in [-0.05, 0) is 45.9 Å². The van der Waals surface area contributed by atoms with Gasteiger partial charge in [0.25, 0.3) is 11.8 Å². The zero-order chi connectivity index (χ0) is 27.8. The summed E-state index contributed by atoms with van der Waals surface area (Å²) >= 11 is 12.7. The van der Waals surface area contributed by atoms with E-state index in [4.69, 9.17) is 32.9 Å². The first-order chi connectivity index (χ1) is 18.6. The number of rotatable bonds is 4. The number of pyridine rings is 2. The molecule has 0 bridgehead atoms. The van der Waals surface area contributed by atoms with E-state index >= 15 is 0 Å². The second-order valence-electron chi connectivity index (χ2n) is 9.88. The van der Waals surface area contributed by atoms with Crippen LogP contribution in [0.25, 0.3) is 11.4 Å². The quantitative estimate of drug-likeness (QED) is 0.341. The number of methoxy groups -OCH3 is 1. The third-order valence-electron chi connectivity index (χ3n) is 7.19.